The Morgan fingerprint density at radius 2 is 1.76 bits per heavy atom. The molecule has 2 rings (SSSR count). The van der Waals surface area contributed by atoms with Crippen LogP contribution >= 0.6 is 0 Å². The number of benzene rings is 2. The van der Waals surface area contributed by atoms with Crippen molar-refractivity contribution in [3.63, 3.8) is 0 Å². The van der Waals surface area contributed by atoms with E-state index in [0.717, 1.165) is 12.1 Å². The fraction of sp³-hybridized carbons (Fsp3) is 0.294. The number of nitrogens with one attached hydrogen (secondary N) is 1. The molecular weight excluding hydrogens is 345 g/mol. The van der Waals surface area contributed by atoms with Gasteiger partial charge in [0.05, 0.1) is 11.7 Å². The zero-order valence-electron chi connectivity index (χ0n) is 12.9. The third-order valence-electron chi connectivity index (χ3n) is 3.44. The maximum atomic E-state index is 12.7. The molecule has 0 aliphatic heterocycles. The number of rotatable bonds is 7. The minimum atomic E-state index is -4.49. The minimum Gasteiger partial charge on any atom is -0.434 e. The summed E-state index contributed by atoms with van der Waals surface area (Å²) < 4.78 is 67.1. The van der Waals surface area contributed by atoms with Crippen LogP contribution in [0.3, 0.4) is 0 Å². The molecule has 0 radical (unpaired) electrons. The summed E-state index contributed by atoms with van der Waals surface area (Å²) in [6, 6.07) is 10.5. The van der Waals surface area contributed by atoms with Crippen molar-refractivity contribution in [3.8, 4) is 5.75 Å². The minimum absolute atomic E-state index is 0.00133. The summed E-state index contributed by atoms with van der Waals surface area (Å²) in [5.74, 6) is -0.00133. The normalized spacial score (nSPS) is 13.1. The fourth-order valence-electron chi connectivity index (χ4n) is 2.24. The number of hydrogen-bond donors (Lipinski definition) is 2. The molecule has 0 saturated heterocycles. The molecule has 0 bridgehead atoms. The lowest BCUT2D eigenvalue weighted by Crippen LogP contribution is -2.22. The smallest absolute Gasteiger partial charge is 0.416 e. The van der Waals surface area contributed by atoms with Gasteiger partial charge in [0.2, 0.25) is 0 Å². The van der Waals surface area contributed by atoms with Gasteiger partial charge in [-0.1, -0.05) is 30.3 Å². The lowest BCUT2D eigenvalue weighted by molar-refractivity contribution is -0.137. The SMILES string of the molecule is OC(CNCc1ccccc1OC(F)F)c1cccc(C(F)(F)F)c1. The number of aliphatic hydroxyl groups is 1. The molecule has 0 saturated carbocycles. The van der Waals surface area contributed by atoms with E-state index in [1.54, 1.807) is 18.2 Å². The molecule has 0 heterocycles. The van der Waals surface area contributed by atoms with Crippen molar-refractivity contribution in [1.29, 1.82) is 0 Å². The highest BCUT2D eigenvalue weighted by atomic mass is 19.4. The zero-order chi connectivity index (χ0) is 18.4. The van der Waals surface area contributed by atoms with Gasteiger partial charge in [-0.15, -0.1) is 0 Å². The van der Waals surface area contributed by atoms with Crippen LogP contribution in [0.1, 0.15) is 22.8 Å². The second kappa shape index (κ2) is 8.26. The molecule has 0 aromatic heterocycles. The van der Waals surface area contributed by atoms with E-state index in [0.29, 0.717) is 5.56 Å². The average molecular weight is 361 g/mol. The Morgan fingerprint density at radius 1 is 1.04 bits per heavy atom. The van der Waals surface area contributed by atoms with E-state index >= 15 is 0 Å². The highest BCUT2D eigenvalue weighted by Gasteiger charge is 2.30. The van der Waals surface area contributed by atoms with Crippen molar-refractivity contribution in [1.82, 2.24) is 5.32 Å². The molecule has 0 fully saturated rings. The molecule has 0 amide bonds. The van der Waals surface area contributed by atoms with Gasteiger partial charge in [-0.05, 0) is 23.8 Å². The van der Waals surface area contributed by atoms with Crippen molar-refractivity contribution in [3.05, 3.63) is 65.2 Å². The first-order valence-electron chi connectivity index (χ1n) is 7.36. The third kappa shape index (κ3) is 5.68. The second-order valence-electron chi connectivity index (χ2n) is 5.26. The monoisotopic (exact) mass is 361 g/mol. The fourth-order valence-corrected chi connectivity index (χ4v) is 2.24. The van der Waals surface area contributed by atoms with Crippen LogP contribution in [-0.4, -0.2) is 18.3 Å². The van der Waals surface area contributed by atoms with E-state index in [1.165, 1.54) is 18.2 Å². The molecule has 25 heavy (non-hydrogen) atoms. The number of aliphatic hydroxyl groups excluding tert-OH is 1. The Morgan fingerprint density at radius 3 is 2.44 bits per heavy atom. The molecular formula is C17H16F5NO2. The first kappa shape index (κ1) is 19.1. The molecule has 3 nitrogen and oxygen atoms in total. The third-order valence-corrected chi connectivity index (χ3v) is 3.44. The van der Waals surface area contributed by atoms with Crippen LogP contribution in [0.15, 0.2) is 48.5 Å². The standard InChI is InChI=1S/C17H16F5NO2/c18-16(19)25-15-7-2-1-4-12(15)9-23-10-14(24)11-5-3-6-13(8-11)17(20,21)22/h1-8,14,16,23-24H,9-10H2. The van der Waals surface area contributed by atoms with Crippen LogP contribution in [0.25, 0.3) is 0 Å². The largest absolute Gasteiger partial charge is 0.434 e. The molecule has 8 heteroatoms. The van der Waals surface area contributed by atoms with E-state index in [4.69, 9.17) is 0 Å². The van der Waals surface area contributed by atoms with Gasteiger partial charge >= 0.3 is 12.8 Å². The Balaban J connectivity index is 1.96. The summed E-state index contributed by atoms with van der Waals surface area (Å²) in [5, 5.41) is 12.8. The van der Waals surface area contributed by atoms with Crippen molar-refractivity contribution in [2.75, 3.05) is 6.54 Å². The van der Waals surface area contributed by atoms with Crippen molar-refractivity contribution >= 4 is 0 Å². The van der Waals surface area contributed by atoms with Crippen molar-refractivity contribution in [2.24, 2.45) is 0 Å². The van der Waals surface area contributed by atoms with Gasteiger partial charge in [-0.2, -0.15) is 22.0 Å². The van der Waals surface area contributed by atoms with Gasteiger partial charge in [0.25, 0.3) is 0 Å². The van der Waals surface area contributed by atoms with Crippen LogP contribution in [0, 0.1) is 0 Å². The predicted octanol–water partition coefficient (Wildman–Crippen LogP) is 4.13. The molecule has 1 unspecified atom stereocenters. The first-order valence-corrected chi connectivity index (χ1v) is 7.36. The molecule has 2 aromatic carbocycles. The summed E-state index contributed by atoms with van der Waals surface area (Å²) in [7, 11) is 0. The van der Waals surface area contributed by atoms with Crippen LogP contribution in [-0.2, 0) is 12.7 Å². The van der Waals surface area contributed by atoms with Gasteiger partial charge in [-0.3, -0.25) is 0 Å². The summed E-state index contributed by atoms with van der Waals surface area (Å²) in [4.78, 5) is 0. The molecule has 136 valence electrons. The van der Waals surface area contributed by atoms with Gasteiger partial charge < -0.3 is 15.2 Å². The molecule has 2 aromatic rings. The van der Waals surface area contributed by atoms with Gasteiger partial charge in [0.1, 0.15) is 5.75 Å². The lowest BCUT2D eigenvalue weighted by atomic mass is 10.1. The number of ether oxygens (including phenoxy) is 1. The molecule has 0 aliphatic rings. The van der Waals surface area contributed by atoms with Crippen LogP contribution in [0.2, 0.25) is 0 Å². The Bertz CT molecular complexity index is 691. The number of alkyl halides is 5. The van der Waals surface area contributed by atoms with E-state index in [1.807, 2.05) is 0 Å². The Hall–Kier alpha value is -2.19. The molecule has 1 atom stereocenters. The Labute approximate surface area is 141 Å². The zero-order valence-corrected chi connectivity index (χ0v) is 12.9. The lowest BCUT2D eigenvalue weighted by Gasteiger charge is -2.15. The van der Waals surface area contributed by atoms with E-state index in [2.05, 4.69) is 10.1 Å². The highest BCUT2D eigenvalue weighted by molar-refractivity contribution is 5.33. The van der Waals surface area contributed by atoms with Gasteiger partial charge in [0, 0.05) is 18.7 Å². The summed E-state index contributed by atoms with van der Waals surface area (Å²) in [6.07, 6.45) is -5.67. The van der Waals surface area contributed by atoms with Crippen molar-refractivity contribution < 1.29 is 31.8 Å². The Kier molecular flexibility index (Phi) is 6.33. The van der Waals surface area contributed by atoms with E-state index in [9.17, 15) is 27.1 Å². The van der Waals surface area contributed by atoms with E-state index in [-0.39, 0.29) is 24.4 Å². The maximum Gasteiger partial charge on any atom is 0.416 e. The number of hydrogen-bond acceptors (Lipinski definition) is 3. The second-order valence-corrected chi connectivity index (χ2v) is 5.26. The van der Waals surface area contributed by atoms with Gasteiger partial charge in [0.15, 0.2) is 0 Å². The first-order chi connectivity index (χ1) is 11.8. The van der Waals surface area contributed by atoms with Crippen molar-refractivity contribution in [2.45, 2.75) is 25.4 Å². The quantitative estimate of drug-likeness (QED) is 0.729. The maximum absolute atomic E-state index is 12.7. The predicted molar refractivity (Wildman–Crippen MR) is 81.2 cm³/mol. The van der Waals surface area contributed by atoms with E-state index < -0.39 is 24.5 Å². The summed E-state index contributed by atoms with van der Waals surface area (Å²) >= 11 is 0. The van der Waals surface area contributed by atoms with Crippen LogP contribution in [0.5, 0.6) is 5.75 Å². The molecule has 2 N–H and O–H groups in total. The molecule has 0 spiro atoms. The van der Waals surface area contributed by atoms with Crippen LogP contribution in [0.4, 0.5) is 22.0 Å². The van der Waals surface area contributed by atoms with Crippen LogP contribution < -0.4 is 10.1 Å². The highest BCUT2D eigenvalue weighted by Crippen LogP contribution is 2.30. The van der Waals surface area contributed by atoms with Gasteiger partial charge in [-0.25, -0.2) is 0 Å². The number of halogens is 5. The number of para-hydroxylation sites is 1. The summed E-state index contributed by atoms with van der Waals surface area (Å²) in [6.45, 7) is -2.90. The topological polar surface area (TPSA) is 41.5 Å². The average Bonchev–Trinajstić information content (AvgIpc) is 2.55. The summed E-state index contributed by atoms with van der Waals surface area (Å²) in [5.41, 5.74) is -0.293. The molecule has 0 aliphatic carbocycles.